The van der Waals surface area contributed by atoms with Crippen LogP contribution in [0.2, 0.25) is 0 Å². The molecule has 1 aliphatic heterocycles. The minimum Gasteiger partial charge on any atom is -0.497 e. The predicted molar refractivity (Wildman–Crippen MR) is 84.5 cm³/mol. The van der Waals surface area contributed by atoms with Gasteiger partial charge in [0, 0.05) is 0 Å². The molecule has 0 radical (unpaired) electrons. The summed E-state index contributed by atoms with van der Waals surface area (Å²) in [6.07, 6.45) is 6.67. The summed E-state index contributed by atoms with van der Waals surface area (Å²) < 4.78 is 11.3. The van der Waals surface area contributed by atoms with Crippen LogP contribution >= 0.6 is 0 Å². The maximum absolute atomic E-state index is 6.09. The average molecular weight is 280 g/mol. The number of benzene rings is 2. The summed E-state index contributed by atoms with van der Waals surface area (Å²) >= 11 is 0. The largest absolute Gasteiger partial charge is 0.497 e. The molecule has 2 heteroatoms. The van der Waals surface area contributed by atoms with Gasteiger partial charge >= 0.3 is 0 Å². The molecule has 0 aromatic heterocycles. The quantitative estimate of drug-likeness (QED) is 0.759. The van der Waals surface area contributed by atoms with Crippen molar-refractivity contribution in [3.63, 3.8) is 0 Å². The number of hydrogen-bond donors (Lipinski definition) is 0. The smallest absolute Gasteiger partial charge is 0.118 e. The first-order valence-corrected chi connectivity index (χ1v) is 7.37. The fraction of sp³-hybridized carbons (Fsp3) is 0.263. The molecule has 0 spiro atoms. The van der Waals surface area contributed by atoms with Crippen molar-refractivity contribution in [3.05, 3.63) is 77.9 Å². The zero-order valence-electron chi connectivity index (χ0n) is 12.2. The second-order valence-electron chi connectivity index (χ2n) is 5.28. The number of rotatable bonds is 5. The van der Waals surface area contributed by atoms with Crippen LogP contribution in [0.5, 0.6) is 5.75 Å². The van der Waals surface area contributed by atoms with Crippen molar-refractivity contribution in [3.8, 4) is 5.75 Å². The van der Waals surface area contributed by atoms with Gasteiger partial charge in [0.2, 0.25) is 0 Å². The lowest BCUT2D eigenvalue weighted by Gasteiger charge is -2.15. The Morgan fingerprint density at radius 2 is 1.71 bits per heavy atom. The molecule has 0 aliphatic carbocycles. The number of hydrogen-bond acceptors (Lipinski definition) is 2. The van der Waals surface area contributed by atoms with E-state index < -0.39 is 0 Å². The summed E-state index contributed by atoms with van der Waals surface area (Å²) in [7, 11) is 1.68. The Kier molecular flexibility index (Phi) is 4.37. The van der Waals surface area contributed by atoms with Gasteiger partial charge in [0.15, 0.2) is 0 Å². The highest BCUT2D eigenvalue weighted by Gasteiger charge is 2.20. The molecule has 2 atom stereocenters. The molecule has 1 aliphatic rings. The van der Waals surface area contributed by atoms with Gasteiger partial charge in [-0.25, -0.2) is 0 Å². The van der Waals surface area contributed by atoms with Gasteiger partial charge in [-0.3, -0.25) is 0 Å². The van der Waals surface area contributed by atoms with E-state index >= 15 is 0 Å². The molecule has 1 heterocycles. The molecule has 0 amide bonds. The molecule has 2 nitrogen and oxygen atoms in total. The fourth-order valence-electron chi connectivity index (χ4n) is 2.61. The van der Waals surface area contributed by atoms with Gasteiger partial charge in [-0.1, -0.05) is 54.6 Å². The van der Waals surface area contributed by atoms with Crippen LogP contribution < -0.4 is 4.74 Å². The highest BCUT2D eigenvalue weighted by molar-refractivity contribution is 5.31. The molecule has 0 saturated heterocycles. The maximum Gasteiger partial charge on any atom is 0.118 e. The number of aryl methyl sites for hydroxylation is 1. The van der Waals surface area contributed by atoms with Gasteiger partial charge in [0.25, 0.3) is 0 Å². The van der Waals surface area contributed by atoms with Crippen LogP contribution in [-0.2, 0) is 11.2 Å². The van der Waals surface area contributed by atoms with E-state index in [1.165, 1.54) is 11.1 Å². The Bertz CT molecular complexity index is 587. The summed E-state index contributed by atoms with van der Waals surface area (Å²) in [5, 5.41) is 0. The molecule has 0 unspecified atom stereocenters. The van der Waals surface area contributed by atoms with E-state index in [0.29, 0.717) is 0 Å². The topological polar surface area (TPSA) is 18.5 Å². The number of methoxy groups -OCH3 is 1. The van der Waals surface area contributed by atoms with Crippen molar-refractivity contribution in [1.82, 2.24) is 0 Å². The summed E-state index contributed by atoms with van der Waals surface area (Å²) in [4.78, 5) is 0. The van der Waals surface area contributed by atoms with Gasteiger partial charge in [-0.05, 0) is 36.1 Å². The van der Waals surface area contributed by atoms with Crippen molar-refractivity contribution in [1.29, 1.82) is 0 Å². The van der Waals surface area contributed by atoms with Crippen molar-refractivity contribution in [2.45, 2.75) is 25.0 Å². The Morgan fingerprint density at radius 3 is 2.43 bits per heavy atom. The van der Waals surface area contributed by atoms with Crippen LogP contribution in [0, 0.1) is 0 Å². The molecule has 21 heavy (non-hydrogen) atoms. The molecular formula is C19H20O2. The summed E-state index contributed by atoms with van der Waals surface area (Å²) in [6, 6.07) is 18.6. The summed E-state index contributed by atoms with van der Waals surface area (Å²) in [5.74, 6) is 0.876. The summed E-state index contributed by atoms with van der Waals surface area (Å²) in [5.41, 5.74) is 2.54. The first-order chi connectivity index (χ1) is 10.3. The monoisotopic (exact) mass is 280 g/mol. The van der Waals surface area contributed by atoms with E-state index in [9.17, 15) is 0 Å². The highest BCUT2D eigenvalue weighted by Crippen LogP contribution is 2.29. The van der Waals surface area contributed by atoms with E-state index in [1.54, 1.807) is 7.11 Å². The number of ether oxygens (including phenoxy) is 2. The van der Waals surface area contributed by atoms with Crippen LogP contribution in [-0.4, -0.2) is 13.2 Å². The Balaban J connectivity index is 1.54. The van der Waals surface area contributed by atoms with Crippen LogP contribution in [0.3, 0.4) is 0 Å². The van der Waals surface area contributed by atoms with E-state index in [1.807, 2.05) is 12.1 Å². The molecule has 2 aromatic carbocycles. The van der Waals surface area contributed by atoms with Gasteiger partial charge < -0.3 is 9.47 Å². The average Bonchev–Trinajstić information content (AvgIpc) is 3.03. The third-order valence-corrected chi connectivity index (χ3v) is 3.83. The van der Waals surface area contributed by atoms with Crippen LogP contribution in [0.15, 0.2) is 66.7 Å². The first kappa shape index (κ1) is 13.9. The van der Waals surface area contributed by atoms with E-state index in [-0.39, 0.29) is 12.2 Å². The SMILES string of the molecule is COc1ccc([C@H]2C=C[C@H](CCc3ccccc3)O2)cc1. The molecule has 3 rings (SSSR count). The minimum atomic E-state index is 0.0664. The lowest BCUT2D eigenvalue weighted by Crippen LogP contribution is -2.08. The highest BCUT2D eigenvalue weighted by atomic mass is 16.5. The third kappa shape index (κ3) is 3.53. The maximum atomic E-state index is 6.09. The van der Waals surface area contributed by atoms with E-state index in [2.05, 4.69) is 54.6 Å². The fourth-order valence-corrected chi connectivity index (χ4v) is 2.61. The van der Waals surface area contributed by atoms with Gasteiger partial charge in [0.05, 0.1) is 13.2 Å². The van der Waals surface area contributed by atoms with Gasteiger partial charge in [-0.15, -0.1) is 0 Å². The molecule has 108 valence electrons. The second kappa shape index (κ2) is 6.59. The normalized spacial score (nSPS) is 20.6. The Morgan fingerprint density at radius 1 is 0.952 bits per heavy atom. The van der Waals surface area contributed by atoms with Crippen molar-refractivity contribution in [2.24, 2.45) is 0 Å². The van der Waals surface area contributed by atoms with Gasteiger partial charge in [-0.2, -0.15) is 0 Å². The molecule has 0 fully saturated rings. The zero-order chi connectivity index (χ0) is 14.5. The van der Waals surface area contributed by atoms with E-state index in [0.717, 1.165) is 18.6 Å². The van der Waals surface area contributed by atoms with Gasteiger partial charge in [0.1, 0.15) is 11.9 Å². The molecule has 0 bridgehead atoms. The standard InChI is InChI=1S/C19H20O2/c1-20-17-11-8-16(9-12-17)19-14-13-18(21-19)10-7-15-5-3-2-4-6-15/h2-6,8-9,11-14,18-19H,7,10H2,1H3/t18-,19+/m0/s1. The molecule has 0 saturated carbocycles. The Hall–Kier alpha value is -2.06. The van der Waals surface area contributed by atoms with Crippen LogP contribution in [0.4, 0.5) is 0 Å². The van der Waals surface area contributed by atoms with Crippen LogP contribution in [0.25, 0.3) is 0 Å². The summed E-state index contributed by atoms with van der Waals surface area (Å²) in [6.45, 7) is 0. The minimum absolute atomic E-state index is 0.0664. The van der Waals surface area contributed by atoms with Crippen molar-refractivity contribution < 1.29 is 9.47 Å². The lowest BCUT2D eigenvalue weighted by atomic mass is 10.1. The zero-order valence-corrected chi connectivity index (χ0v) is 12.2. The predicted octanol–water partition coefficient (Wildman–Crippen LogP) is 4.32. The molecular weight excluding hydrogens is 260 g/mol. The van der Waals surface area contributed by atoms with Crippen molar-refractivity contribution in [2.75, 3.05) is 7.11 Å². The van der Waals surface area contributed by atoms with Crippen molar-refractivity contribution >= 4 is 0 Å². The molecule has 0 N–H and O–H groups in total. The second-order valence-corrected chi connectivity index (χ2v) is 5.28. The molecule has 2 aromatic rings. The first-order valence-electron chi connectivity index (χ1n) is 7.37. The third-order valence-electron chi connectivity index (χ3n) is 3.83. The van der Waals surface area contributed by atoms with E-state index in [4.69, 9.17) is 9.47 Å². The van der Waals surface area contributed by atoms with Crippen LogP contribution in [0.1, 0.15) is 23.7 Å². The Labute approximate surface area is 126 Å². The lowest BCUT2D eigenvalue weighted by molar-refractivity contribution is 0.0559.